The predicted molar refractivity (Wildman–Crippen MR) is 52.8 cm³/mol. The van der Waals surface area contributed by atoms with Gasteiger partial charge in [0.25, 0.3) is 10.1 Å². The summed E-state index contributed by atoms with van der Waals surface area (Å²) >= 11 is 5.64. The van der Waals surface area contributed by atoms with Crippen molar-refractivity contribution in [1.82, 2.24) is 0 Å². The third-order valence-corrected chi connectivity index (χ3v) is 2.56. The summed E-state index contributed by atoms with van der Waals surface area (Å²) in [5.41, 5.74) is 5.46. The quantitative estimate of drug-likeness (QED) is 0.405. The molecule has 14 heavy (non-hydrogen) atoms. The van der Waals surface area contributed by atoms with Crippen molar-refractivity contribution in [2.24, 2.45) is 0 Å². The van der Waals surface area contributed by atoms with Crippen LogP contribution in [0, 0.1) is 0 Å². The van der Waals surface area contributed by atoms with Crippen molar-refractivity contribution in [3.05, 3.63) is 22.7 Å². The van der Waals surface area contributed by atoms with Gasteiger partial charge in [0.15, 0.2) is 0 Å². The van der Waals surface area contributed by atoms with E-state index in [1.165, 1.54) is 6.07 Å². The number of nitrogen functional groups attached to an aromatic ring is 1. The van der Waals surface area contributed by atoms with Crippen LogP contribution in [0.1, 0.15) is 5.56 Å². The molecule has 7 heteroatoms. The molecule has 0 radical (unpaired) electrons. The van der Waals surface area contributed by atoms with E-state index in [2.05, 4.69) is 0 Å². The highest BCUT2D eigenvalue weighted by Gasteiger charge is 2.12. The van der Waals surface area contributed by atoms with Gasteiger partial charge in [0.1, 0.15) is 11.5 Å². The van der Waals surface area contributed by atoms with Gasteiger partial charge in [-0.15, -0.1) is 0 Å². The van der Waals surface area contributed by atoms with Gasteiger partial charge in [0, 0.05) is 5.02 Å². The molecule has 0 fully saturated rings. The highest BCUT2D eigenvalue weighted by atomic mass is 35.5. The molecule has 1 aromatic rings. The number of phenols is 1. The van der Waals surface area contributed by atoms with Crippen molar-refractivity contribution in [3.8, 4) is 5.75 Å². The Bertz CT molecular complexity index is 457. The van der Waals surface area contributed by atoms with Gasteiger partial charge < -0.3 is 10.8 Å². The number of halogens is 1. The van der Waals surface area contributed by atoms with Crippen LogP contribution in [0.15, 0.2) is 12.1 Å². The van der Waals surface area contributed by atoms with Crippen molar-refractivity contribution < 1.29 is 18.1 Å². The monoisotopic (exact) mass is 237 g/mol. The highest BCUT2D eigenvalue weighted by Crippen LogP contribution is 2.28. The maximum absolute atomic E-state index is 10.5. The van der Waals surface area contributed by atoms with E-state index >= 15 is 0 Å². The molecule has 0 amide bonds. The predicted octanol–water partition coefficient (Wildman–Crippen LogP) is 1.02. The zero-order valence-electron chi connectivity index (χ0n) is 6.94. The number of nitrogens with two attached hydrogens (primary N) is 1. The number of benzene rings is 1. The molecule has 0 aliphatic rings. The minimum Gasteiger partial charge on any atom is -0.506 e. The van der Waals surface area contributed by atoms with Crippen molar-refractivity contribution in [1.29, 1.82) is 0 Å². The van der Waals surface area contributed by atoms with E-state index in [0.29, 0.717) is 0 Å². The minimum absolute atomic E-state index is 0.0501. The molecule has 4 N–H and O–H groups in total. The molecule has 5 nitrogen and oxygen atoms in total. The standard InChI is InChI=1S/C7H8ClNO4S/c8-5-2-6(9)7(10)1-4(5)3-14(11,12)13/h1-2,10H,3,9H2,(H,11,12,13). The Kier molecular flexibility index (Phi) is 2.89. The van der Waals surface area contributed by atoms with Gasteiger partial charge in [-0.05, 0) is 17.7 Å². The molecule has 0 heterocycles. The van der Waals surface area contributed by atoms with Crippen LogP contribution in [0.4, 0.5) is 5.69 Å². The second-order valence-electron chi connectivity index (χ2n) is 2.73. The molecule has 0 atom stereocenters. The zero-order valence-corrected chi connectivity index (χ0v) is 8.51. The summed E-state index contributed by atoms with van der Waals surface area (Å²) in [6, 6.07) is 2.32. The lowest BCUT2D eigenvalue weighted by Crippen LogP contribution is -2.02. The Labute approximate surface area is 85.9 Å². The number of hydrogen-bond donors (Lipinski definition) is 3. The molecule has 0 aromatic heterocycles. The lowest BCUT2D eigenvalue weighted by Gasteiger charge is -2.05. The Morgan fingerprint density at radius 2 is 2.00 bits per heavy atom. The Morgan fingerprint density at radius 3 is 2.50 bits per heavy atom. The maximum atomic E-state index is 10.5. The first-order valence-corrected chi connectivity index (χ1v) is 5.50. The molecule has 0 bridgehead atoms. The molecule has 0 spiro atoms. The lowest BCUT2D eigenvalue weighted by molar-refractivity contribution is 0.476. The van der Waals surface area contributed by atoms with E-state index in [-0.39, 0.29) is 22.0 Å². The average Bonchev–Trinajstić information content (AvgIpc) is 1.97. The zero-order chi connectivity index (χ0) is 10.9. The summed E-state index contributed by atoms with van der Waals surface area (Å²) in [7, 11) is -4.17. The van der Waals surface area contributed by atoms with Crippen LogP contribution in [0.25, 0.3) is 0 Å². The first kappa shape index (κ1) is 11.1. The fourth-order valence-corrected chi connectivity index (χ4v) is 1.88. The van der Waals surface area contributed by atoms with E-state index in [1.807, 2.05) is 0 Å². The van der Waals surface area contributed by atoms with Crippen LogP contribution in [0.5, 0.6) is 5.75 Å². The first-order chi connectivity index (χ1) is 6.29. The summed E-state index contributed by atoms with van der Waals surface area (Å²) in [6.07, 6.45) is 0. The van der Waals surface area contributed by atoms with Crippen LogP contribution >= 0.6 is 11.6 Å². The van der Waals surface area contributed by atoms with Crippen LogP contribution < -0.4 is 5.73 Å². The lowest BCUT2D eigenvalue weighted by atomic mass is 10.2. The second kappa shape index (κ2) is 3.64. The first-order valence-electron chi connectivity index (χ1n) is 3.51. The molecule has 0 aliphatic carbocycles. The summed E-state index contributed by atoms with van der Waals surface area (Å²) < 4.78 is 29.6. The summed E-state index contributed by atoms with van der Waals surface area (Å²) in [4.78, 5) is 0. The van der Waals surface area contributed by atoms with Crippen LogP contribution in [-0.4, -0.2) is 18.1 Å². The Balaban J connectivity index is 3.17. The Morgan fingerprint density at radius 1 is 1.43 bits per heavy atom. The molecule has 0 unspecified atom stereocenters. The van der Waals surface area contributed by atoms with E-state index in [1.54, 1.807) is 0 Å². The molecule has 1 rings (SSSR count). The average molecular weight is 238 g/mol. The number of aromatic hydroxyl groups is 1. The van der Waals surface area contributed by atoms with E-state index in [4.69, 9.17) is 27.0 Å². The van der Waals surface area contributed by atoms with E-state index in [9.17, 15) is 8.42 Å². The summed E-state index contributed by atoms with van der Waals surface area (Å²) in [6.45, 7) is 0. The van der Waals surface area contributed by atoms with Crippen molar-refractivity contribution in [2.45, 2.75) is 5.75 Å². The van der Waals surface area contributed by atoms with Gasteiger partial charge in [-0.25, -0.2) is 0 Å². The van der Waals surface area contributed by atoms with Crippen LogP contribution in [-0.2, 0) is 15.9 Å². The normalized spacial score (nSPS) is 11.6. The number of hydrogen-bond acceptors (Lipinski definition) is 4. The molecule has 0 aliphatic heterocycles. The molecule has 78 valence electrons. The maximum Gasteiger partial charge on any atom is 0.269 e. The fourth-order valence-electron chi connectivity index (χ4n) is 0.928. The van der Waals surface area contributed by atoms with E-state index in [0.717, 1.165) is 6.07 Å². The number of rotatable bonds is 2. The fraction of sp³-hybridized carbons (Fsp3) is 0.143. The van der Waals surface area contributed by atoms with Crippen LogP contribution in [0.3, 0.4) is 0 Å². The molecule has 0 saturated carbocycles. The Hall–Kier alpha value is -0.980. The third kappa shape index (κ3) is 2.76. The van der Waals surface area contributed by atoms with E-state index < -0.39 is 15.9 Å². The molecule has 1 aromatic carbocycles. The van der Waals surface area contributed by atoms with Gasteiger partial charge in [-0.2, -0.15) is 8.42 Å². The largest absolute Gasteiger partial charge is 0.506 e. The molecular weight excluding hydrogens is 230 g/mol. The molecular formula is C7H8ClNO4S. The van der Waals surface area contributed by atoms with Crippen molar-refractivity contribution >= 4 is 27.4 Å². The number of phenolic OH excluding ortho intramolecular Hbond substituents is 1. The van der Waals surface area contributed by atoms with Crippen molar-refractivity contribution in [2.75, 3.05) is 5.73 Å². The third-order valence-electron chi connectivity index (χ3n) is 1.53. The topological polar surface area (TPSA) is 101 Å². The number of anilines is 1. The van der Waals surface area contributed by atoms with Crippen molar-refractivity contribution in [3.63, 3.8) is 0 Å². The smallest absolute Gasteiger partial charge is 0.269 e. The minimum atomic E-state index is -4.17. The van der Waals surface area contributed by atoms with Gasteiger partial charge in [0.05, 0.1) is 5.69 Å². The van der Waals surface area contributed by atoms with Gasteiger partial charge in [-0.1, -0.05) is 11.6 Å². The summed E-state index contributed by atoms with van der Waals surface area (Å²) in [5, 5.41) is 9.24. The second-order valence-corrected chi connectivity index (χ2v) is 4.59. The van der Waals surface area contributed by atoms with Gasteiger partial charge >= 0.3 is 0 Å². The van der Waals surface area contributed by atoms with Gasteiger partial charge in [0.2, 0.25) is 0 Å². The highest BCUT2D eigenvalue weighted by molar-refractivity contribution is 7.85. The summed E-state index contributed by atoms with van der Waals surface area (Å²) in [5.74, 6) is -0.923. The van der Waals surface area contributed by atoms with Crippen LogP contribution in [0.2, 0.25) is 5.02 Å². The van der Waals surface area contributed by atoms with Gasteiger partial charge in [-0.3, -0.25) is 4.55 Å². The SMILES string of the molecule is Nc1cc(Cl)c(CS(=O)(=O)O)cc1O. The molecule has 0 saturated heterocycles.